The standard InChI is InChI=1S/C15H14O3.C5H5.Fe/c1-18-14-8-4-7-12(16)15(14)13(17)10-9-11-5-2-3-6-11;1-2-4-5-3-1;/h2-10,16-17H,1H3;1-5H;/q;-1;+2/p-1. The van der Waals surface area contributed by atoms with E-state index in [0.717, 1.165) is 5.57 Å². The average molecular weight is 362 g/mol. The number of hydrogen-bond donors (Lipinski definition) is 1. The molecule has 0 heterocycles. The minimum atomic E-state index is -0.286. The van der Waals surface area contributed by atoms with Crippen molar-refractivity contribution in [2.75, 3.05) is 7.11 Å². The van der Waals surface area contributed by atoms with Gasteiger partial charge in [0.15, 0.2) is 0 Å². The van der Waals surface area contributed by atoms with E-state index in [1.54, 1.807) is 18.2 Å². The molecule has 0 unspecified atom stereocenters. The predicted octanol–water partition coefficient (Wildman–Crippen LogP) is 3.56. The largest absolute Gasteiger partial charge is 2.00 e. The number of benzene rings is 1. The maximum absolute atomic E-state index is 12.0. The molecule has 1 N–H and O–H groups in total. The summed E-state index contributed by atoms with van der Waals surface area (Å²) in [5.41, 5.74) is 1.13. The molecule has 0 amide bonds. The van der Waals surface area contributed by atoms with Crippen molar-refractivity contribution in [3.8, 4) is 11.5 Å². The van der Waals surface area contributed by atoms with E-state index >= 15 is 0 Å². The van der Waals surface area contributed by atoms with Crippen molar-refractivity contribution in [1.82, 2.24) is 0 Å². The Labute approximate surface area is 152 Å². The Bertz CT molecular complexity index is 707. The molecule has 4 heteroatoms. The molecular weight excluding hydrogens is 344 g/mol. The van der Waals surface area contributed by atoms with Crippen molar-refractivity contribution >= 4 is 5.76 Å². The molecule has 2 aromatic rings. The zero-order chi connectivity index (χ0) is 16.5. The van der Waals surface area contributed by atoms with Gasteiger partial charge in [0, 0.05) is 0 Å². The van der Waals surface area contributed by atoms with Gasteiger partial charge < -0.3 is 14.9 Å². The Balaban J connectivity index is 0.000000412. The summed E-state index contributed by atoms with van der Waals surface area (Å²) in [7, 11) is 1.46. The molecule has 2 aromatic carbocycles. The monoisotopic (exact) mass is 362 g/mol. The van der Waals surface area contributed by atoms with Gasteiger partial charge in [0.25, 0.3) is 0 Å². The summed E-state index contributed by atoms with van der Waals surface area (Å²) >= 11 is 0. The van der Waals surface area contributed by atoms with Crippen molar-refractivity contribution < 1.29 is 32.0 Å². The number of hydrogen-bond acceptors (Lipinski definition) is 3. The van der Waals surface area contributed by atoms with Gasteiger partial charge in [0.1, 0.15) is 11.5 Å². The molecule has 0 aliphatic heterocycles. The van der Waals surface area contributed by atoms with Gasteiger partial charge >= 0.3 is 17.1 Å². The fourth-order valence-corrected chi connectivity index (χ4v) is 2.01. The zero-order valence-corrected chi connectivity index (χ0v) is 14.3. The molecule has 3 nitrogen and oxygen atoms in total. The topological polar surface area (TPSA) is 52.5 Å². The Morgan fingerprint density at radius 1 is 1.12 bits per heavy atom. The third-order valence-electron chi connectivity index (χ3n) is 3.14. The molecule has 0 atom stereocenters. The van der Waals surface area contributed by atoms with Crippen molar-refractivity contribution in [2.24, 2.45) is 0 Å². The third-order valence-corrected chi connectivity index (χ3v) is 3.14. The molecule has 0 fully saturated rings. The van der Waals surface area contributed by atoms with E-state index < -0.39 is 0 Å². The van der Waals surface area contributed by atoms with Crippen molar-refractivity contribution in [1.29, 1.82) is 0 Å². The van der Waals surface area contributed by atoms with Crippen LogP contribution in [0.1, 0.15) is 5.56 Å². The molecule has 1 aliphatic rings. The van der Waals surface area contributed by atoms with Gasteiger partial charge in [0.2, 0.25) is 0 Å². The van der Waals surface area contributed by atoms with Crippen molar-refractivity contribution in [3.05, 3.63) is 96.1 Å². The Morgan fingerprint density at radius 2 is 1.79 bits per heavy atom. The van der Waals surface area contributed by atoms with Crippen molar-refractivity contribution in [2.45, 2.75) is 0 Å². The first kappa shape index (κ1) is 19.5. The first-order chi connectivity index (χ1) is 11.2. The average Bonchev–Trinajstić information content (AvgIpc) is 3.28. The predicted molar refractivity (Wildman–Crippen MR) is 91.0 cm³/mol. The second-order valence-corrected chi connectivity index (χ2v) is 4.73. The Hall–Kier alpha value is -2.55. The van der Waals surface area contributed by atoms with Gasteiger partial charge in [-0.2, -0.15) is 18.2 Å². The second kappa shape index (κ2) is 10.3. The second-order valence-electron chi connectivity index (χ2n) is 4.73. The summed E-state index contributed by atoms with van der Waals surface area (Å²) < 4.78 is 5.07. The van der Waals surface area contributed by atoms with E-state index in [0.29, 0.717) is 5.75 Å². The summed E-state index contributed by atoms with van der Waals surface area (Å²) in [6, 6.07) is 14.7. The number of methoxy groups -OCH3 is 1. The van der Waals surface area contributed by atoms with Gasteiger partial charge in [-0.15, -0.1) is 0 Å². The van der Waals surface area contributed by atoms with E-state index in [-0.39, 0.29) is 34.1 Å². The van der Waals surface area contributed by atoms with Gasteiger partial charge in [-0.25, -0.2) is 12.1 Å². The Morgan fingerprint density at radius 3 is 2.33 bits per heavy atom. The molecule has 3 rings (SSSR count). The minimum absolute atomic E-state index is 0. The number of phenolic OH excluding ortho intramolecular Hbond substituents is 1. The third kappa shape index (κ3) is 5.58. The van der Waals surface area contributed by atoms with Crippen LogP contribution in [0.3, 0.4) is 0 Å². The summed E-state index contributed by atoms with van der Waals surface area (Å²) in [6.07, 6.45) is 10.7. The smallest absolute Gasteiger partial charge is 0.872 e. The van der Waals surface area contributed by atoms with Crippen LogP contribution in [0.4, 0.5) is 0 Å². The first-order valence-electron chi connectivity index (χ1n) is 7.19. The molecular formula is C20H18FeO3. The van der Waals surface area contributed by atoms with Crippen LogP contribution in [0.5, 0.6) is 11.5 Å². The maximum Gasteiger partial charge on any atom is 2.00 e. The van der Waals surface area contributed by atoms with E-state index in [4.69, 9.17) is 4.74 Å². The van der Waals surface area contributed by atoms with Crippen molar-refractivity contribution in [3.63, 3.8) is 0 Å². The molecule has 0 bridgehead atoms. The number of phenols is 1. The van der Waals surface area contributed by atoms with E-state index in [1.165, 1.54) is 19.3 Å². The quantitative estimate of drug-likeness (QED) is 0.516. The summed E-state index contributed by atoms with van der Waals surface area (Å²) in [6.45, 7) is 0. The normalized spacial score (nSPS) is 12.2. The molecule has 0 saturated heterocycles. The summed E-state index contributed by atoms with van der Waals surface area (Å²) in [4.78, 5) is 0. The SMILES string of the molecule is COc1cccc(O)c1C([O-])=CC=C1C=CC=C1.[Fe+2].c1cc[cH-]c1. The summed E-state index contributed by atoms with van der Waals surface area (Å²) in [5, 5.41) is 21.7. The van der Waals surface area contributed by atoms with Crippen LogP contribution in [-0.4, -0.2) is 12.2 Å². The zero-order valence-electron chi connectivity index (χ0n) is 13.2. The molecule has 24 heavy (non-hydrogen) atoms. The van der Waals surface area contributed by atoms with Crippen LogP contribution in [0, 0.1) is 0 Å². The van der Waals surface area contributed by atoms with Crippen LogP contribution in [-0.2, 0) is 17.1 Å². The van der Waals surface area contributed by atoms with Crippen LogP contribution in [0.15, 0.2) is 90.6 Å². The number of ether oxygens (including phenoxy) is 1. The maximum atomic E-state index is 12.0. The molecule has 0 spiro atoms. The molecule has 124 valence electrons. The molecule has 1 aliphatic carbocycles. The Kier molecular flexibility index (Phi) is 8.34. The van der Waals surface area contributed by atoms with Crippen LogP contribution >= 0.6 is 0 Å². The van der Waals surface area contributed by atoms with Gasteiger partial charge in [-0.1, -0.05) is 48.3 Å². The van der Waals surface area contributed by atoms with Crippen LogP contribution in [0.2, 0.25) is 0 Å². The number of allylic oxidation sites excluding steroid dienone is 7. The van der Waals surface area contributed by atoms with Gasteiger partial charge in [0.05, 0.1) is 12.7 Å². The number of aromatic hydroxyl groups is 1. The fraction of sp³-hybridized carbons (Fsp3) is 0.0500. The fourth-order valence-electron chi connectivity index (χ4n) is 2.01. The van der Waals surface area contributed by atoms with Gasteiger partial charge in [-0.05, 0) is 17.7 Å². The molecule has 0 aromatic heterocycles. The van der Waals surface area contributed by atoms with Gasteiger partial charge in [-0.3, -0.25) is 0 Å². The van der Waals surface area contributed by atoms with E-state index in [2.05, 4.69) is 0 Å². The van der Waals surface area contributed by atoms with Crippen LogP contribution in [0.25, 0.3) is 5.76 Å². The molecule has 0 saturated carbocycles. The van der Waals surface area contributed by atoms with E-state index in [9.17, 15) is 10.2 Å². The minimum Gasteiger partial charge on any atom is -0.872 e. The first-order valence-corrected chi connectivity index (χ1v) is 7.19. The molecule has 0 radical (unpaired) electrons. The number of rotatable bonds is 3. The van der Waals surface area contributed by atoms with Crippen LogP contribution < -0.4 is 9.84 Å². The summed E-state index contributed by atoms with van der Waals surface area (Å²) in [5.74, 6) is 0.00446. The van der Waals surface area contributed by atoms with E-state index in [1.807, 2.05) is 54.6 Å².